The number of aryl methyl sites for hydroxylation is 2. The Hall–Kier alpha value is -3.85. The van der Waals surface area contributed by atoms with Crippen molar-refractivity contribution in [1.82, 2.24) is 15.3 Å². The number of halogens is 2. The average molecular weight is 579 g/mol. The first-order valence-corrected chi connectivity index (χ1v) is 13.7. The van der Waals surface area contributed by atoms with Crippen molar-refractivity contribution in [2.45, 2.75) is 32.7 Å². The predicted molar refractivity (Wildman–Crippen MR) is 159 cm³/mol. The molecule has 40 heavy (non-hydrogen) atoms. The molecule has 4 aromatic rings. The van der Waals surface area contributed by atoms with Crippen molar-refractivity contribution >= 4 is 46.4 Å². The molecule has 2 heterocycles. The third kappa shape index (κ3) is 6.83. The molecule has 3 aromatic carbocycles. The average Bonchev–Trinajstić information content (AvgIpc) is 3.46. The van der Waals surface area contributed by atoms with Gasteiger partial charge in [0.25, 0.3) is 5.91 Å². The molecule has 10 heteroatoms. The number of rotatable bonds is 9. The standard InChI is InChI=1S/C30H29Cl2N5O3/c1-18-5-3-6-19(2)27(18)36-28(38)24-16-34-30(37-29(24)40-23-12-13-25(31)26(32)15-23)35-20-8-10-22(11-9-20)39-17-21-7-4-14-33-21/h3,5-6,8-13,15-16,21,33H,4,7,14,17H2,1-2H3,(H,36,38)(H,34,35,37)/t21-/m0/s1. The van der Waals surface area contributed by atoms with E-state index in [1.807, 2.05) is 56.3 Å². The van der Waals surface area contributed by atoms with Gasteiger partial charge in [-0.3, -0.25) is 4.79 Å². The molecular formula is C30H29Cl2N5O3. The summed E-state index contributed by atoms with van der Waals surface area (Å²) >= 11 is 12.3. The molecule has 1 aliphatic rings. The lowest BCUT2D eigenvalue weighted by Gasteiger charge is -2.15. The van der Waals surface area contributed by atoms with E-state index in [1.54, 1.807) is 18.2 Å². The highest BCUT2D eigenvalue weighted by molar-refractivity contribution is 6.42. The number of amides is 1. The summed E-state index contributed by atoms with van der Waals surface area (Å²) in [6, 6.07) is 18.5. The maximum absolute atomic E-state index is 13.4. The maximum Gasteiger partial charge on any atom is 0.262 e. The van der Waals surface area contributed by atoms with E-state index < -0.39 is 5.91 Å². The first-order valence-electron chi connectivity index (χ1n) is 13.0. The van der Waals surface area contributed by atoms with Gasteiger partial charge in [-0.15, -0.1) is 0 Å². The van der Waals surface area contributed by atoms with Crippen LogP contribution in [-0.4, -0.2) is 35.1 Å². The van der Waals surface area contributed by atoms with Crippen molar-refractivity contribution in [3.05, 3.63) is 93.6 Å². The van der Waals surface area contributed by atoms with E-state index in [-0.39, 0.29) is 17.4 Å². The number of benzene rings is 3. The Bertz CT molecular complexity index is 1490. The molecule has 206 valence electrons. The molecule has 0 radical (unpaired) electrons. The Labute approximate surface area is 243 Å². The van der Waals surface area contributed by atoms with Crippen LogP contribution >= 0.6 is 23.2 Å². The quantitative estimate of drug-likeness (QED) is 0.192. The number of hydrogen-bond acceptors (Lipinski definition) is 7. The van der Waals surface area contributed by atoms with Crippen LogP contribution in [0.3, 0.4) is 0 Å². The molecule has 1 saturated heterocycles. The summed E-state index contributed by atoms with van der Waals surface area (Å²) in [7, 11) is 0. The van der Waals surface area contributed by atoms with E-state index in [9.17, 15) is 4.79 Å². The van der Waals surface area contributed by atoms with Crippen molar-refractivity contribution in [2.24, 2.45) is 0 Å². The molecule has 0 spiro atoms. The molecule has 0 saturated carbocycles. The second-order valence-corrected chi connectivity index (χ2v) is 10.4. The second kappa shape index (κ2) is 12.6. The summed E-state index contributed by atoms with van der Waals surface area (Å²) in [6.07, 6.45) is 3.74. The van der Waals surface area contributed by atoms with E-state index in [4.69, 9.17) is 32.7 Å². The van der Waals surface area contributed by atoms with Gasteiger partial charge >= 0.3 is 0 Å². The van der Waals surface area contributed by atoms with Crippen LogP contribution in [0.2, 0.25) is 10.0 Å². The molecule has 1 aliphatic heterocycles. The first-order chi connectivity index (χ1) is 19.4. The third-order valence-electron chi connectivity index (χ3n) is 6.55. The fourth-order valence-electron chi connectivity index (χ4n) is 4.36. The number of nitrogens with one attached hydrogen (secondary N) is 3. The highest BCUT2D eigenvalue weighted by Gasteiger charge is 2.20. The van der Waals surface area contributed by atoms with Gasteiger partial charge in [-0.25, -0.2) is 4.98 Å². The lowest BCUT2D eigenvalue weighted by atomic mass is 10.1. The second-order valence-electron chi connectivity index (χ2n) is 9.57. The first kappa shape index (κ1) is 27.7. The van der Waals surface area contributed by atoms with Gasteiger partial charge in [-0.05, 0) is 80.8 Å². The molecule has 0 aliphatic carbocycles. The number of anilines is 3. The zero-order chi connectivity index (χ0) is 28.1. The van der Waals surface area contributed by atoms with Gasteiger partial charge in [0.15, 0.2) is 0 Å². The largest absolute Gasteiger partial charge is 0.492 e. The smallest absolute Gasteiger partial charge is 0.262 e. The van der Waals surface area contributed by atoms with E-state index in [2.05, 4.69) is 25.9 Å². The van der Waals surface area contributed by atoms with Crippen molar-refractivity contribution in [3.63, 3.8) is 0 Å². The summed E-state index contributed by atoms with van der Waals surface area (Å²) in [4.78, 5) is 22.2. The van der Waals surface area contributed by atoms with Gasteiger partial charge in [-0.1, -0.05) is 41.4 Å². The van der Waals surface area contributed by atoms with Gasteiger partial charge < -0.3 is 25.4 Å². The molecule has 1 fully saturated rings. The van der Waals surface area contributed by atoms with Crippen molar-refractivity contribution < 1.29 is 14.3 Å². The van der Waals surface area contributed by atoms with Crippen molar-refractivity contribution in [1.29, 1.82) is 0 Å². The van der Waals surface area contributed by atoms with E-state index in [0.717, 1.165) is 41.2 Å². The minimum atomic E-state index is -0.405. The minimum absolute atomic E-state index is 0.0589. The van der Waals surface area contributed by atoms with Crippen LogP contribution in [0.1, 0.15) is 34.3 Å². The Kier molecular flexibility index (Phi) is 8.69. The highest BCUT2D eigenvalue weighted by atomic mass is 35.5. The molecule has 1 atom stereocenters. The van der Waals surface area contributed by atoms with Crippen LogP contribution < -0.4 is 25.4 Å². The lowest BCUT2D eigenvalue weighted by molar-refractivity contribution is 0.102. The van der Waals surface area contributed by atoms with Gasteiger partial charge in [0.1, 0.15) is 23.7 Å². The number of para-hydroxylation sites is 1. The summed E-state index contributed by atoms with van der Waals surface area (Å²) in [5, 5.41) is 10.3. The molecule has 8 nitrogen and oxygen atoms in total. The molecule has 0 bridgehead atoms. The van der Waals surface area contributed by atoms with Crippen LogP contribution in [0.5, 0.6) is 17.4 Å². The van der Waals surface area contributed by atoms with Gasteiger partial charge in [-0.2, -0.15) is 4.98 Å². The van der Waals surface area contributed by atoms with Crippen LogP contribution in [0.15, 0.2) is 66.9 Å². The van der Waals surface area contributed by atoms with Crippen molar-refractivity contribution in [2.75, 3.05) is 23.8 Å². The Morgan fingerprint density at radius 1 is 1.02 bits per heavy atom. The van der Waals surface area contributed by atoms with Crippen LogP contribution in [0.4, 0.5) is 17.3 Å². The van der Waals surface area contributed by atoms with Gasteiger partial charge in [0, 0.05) is 29.7 Å². The topological polar surface area (TPSA) is 97.4 Å². The number of nitrogens with zero attached hydrogens (tertiary/aromatic N) is 2. The van der Waals surface area contributed by atoms with Crippen LogP contribution in [0, 0.1) is 13.8 Å². The molecule has 1 aromatic heterocycles. The number of aromatic nitrogens is 2. The van der Waals surface area contributed by atoms with Crippen molar-refractivity contribution in [3.8, 4) is 17.4 Å². The minimum Gasteiger partial charge on any atom is -0.492 e. The summed E-state index contributed by atoms with van der Waals surface area (Å²) in [5.74, 6) is 1.06. The highest BCUT2D eigenvalue weighted by Crippen LogP contribution is 2.31. The molecule has 5 rings (SSSR count). The Morgan fingerprint density at radius 2 is 1.77 bits per heavy atom. The van der Waals surface area contributed by atoms with Gasteiger partial charge in [0.05, 0.1) is 10.0 Å². The normalized spacial score (nSPS) is 14.6. The number of ether oxygens (including phenoxy) is 2. The zero-order valence-corrected chi connectivity index (χ0v) is 23.6. The van der Waals surface area contributed by atoms with Crippen LogP contribution in [-0.2, 0) is 0 Å². The summed E-state index contributed by atoms with van der Waals surface area (Å²) in [5.41, 5.74) is 3.50. The monoisotopic (exact) mass is 577 g/mol. The molecule has 1 amide bonds. The third-order valence-corrected chi connectivity index (χ3v) is 7.29. The number of carbonyl (C=O) groups is 1. The zero-order valence-electron chi connectivity index (χ0n) is 22.1. The summed E-state index contributed by atoms with van der Waals surface area (Å²) < 4.78 is 11.9. The molecule has 3 N–H and O–H groups in total. The lowest BCUT2D eigenvalue weighted by Crippen LogP contribution is -2.28. The Balaban J connectivity index is 1.37. The molecule has 0 unspecified atom stereocenters. The number of hydrogen-bond donors (Lipinski definition) is 3. The molecular weight excluding hydrogens is 549 g/mol. The summed E-state index contributed by atoms with van der Waals surface area (Å²) in [6.45, 7) is 5.54. The fraction of sp³-hybridized carbons (Fsp3) is 0.233. The maximum atomic E-state index is 13.4. The Morgan fingerprint density at radius 3 is 2.48 bits per heavy atom. The van der Waals surface area contributed by atoms with Gasteiger partial charge in [0.2, 0.25) is 11.8 Å². The van der Waals surface area contributed by atoms with E-state index in [1.165, 1.54) is 12.6 Å². The number of carbonyl (C=O) groups excluding carboxylic acids is 1. The van der Waals surface area contributed by atoms with Crippen LogP contribution in [0.25, 0.3) is 0 Å². The predicted octanol–water partition coefficient (Wildman–Crippen LogP) is 7.32. The fourth-order valence-corrected chi connectivity index (χ4v) is 4.65. The SMILES string of the molecule is Cc1cccc(C)c1NC(=O)c1cnc(Nc2ccc(OC[C@@H]3CCCN3)cc2)nc1Oc1ccc(Cl)c(Cl)c1. The van der Waals surface area contributed by atoms with E-state index >= 15 is 0 Å². The van der Waals surface area contributed by atoms with E-state index in [0.29, 0.717) is 28.4 Å².